The van der Waals surface area contributed by atoms with Crippen LogP contribution in [-0.2, 0) is 0 Å². The number of hydrogen-bond acceptors (Lipinski definition) is 2. The third-order valence-electron chi connectivity index (χ3n) is 2.40. The van der Waals surface area contributed by atoms with Crippen molar-refractivity contribution in [1.82, 2.24) is 14.5 Å². The number of imidazole rings is 1. The van der Waals surface area contributed by atoms with Gasteiger partial charge in [-0.1, -0.05) is 0 Å². The first kappa shape index (κ1) is 10.1. The molecule has 0 aliphatic rings. The molecule has 0 unspecified atom stereocenters. The van der Waals surface area contributed by atoms with Gasteiger partial charge in [-0.2, -0.15) is 0 Å². The molecule has 0 bridgehead atoms. The molecule has 0 radical (unpaired) electrons. The minimum absolute atomic E-state index is 0.709. The van der Waals surface area contributed by atoms with E-state index in [2.05, 4.69) is 9.97 Å². The van der Waals surface area contributed by atoms with Gasteiger partial charge in [-0.15, -0.1) is 0 Å². The minimum atomic E-state index is 0.709. The highest BCUT2D eigenvalue weighted by Gasteiger charge is 2.06. The second-order valence-electron chi connectivity index (χ2n) is 3.63. The molecule has 0 amide bonds. The van der Waals surface area contributed by atoms with E-state index in [9.17, 15) is 0 Å². The Kier molecular flexibility index (Phi) is 2.44. The maximum atomic E-state index is 5.23. The Hall–Kier alpha value is -1.42. The molecule has 0 saturated carbocycles. The Bertz CT molecular complexity index is 551. The van der Waals surface area contributed by atoms with E-state index in [0.717, 1.165) is 22.8 Å². The number of nitrogens with one attached hydrogen (secondary N) is 1. The number of aromatic nitrogens is 3. The molecule has 4 heteroatoms. The molecule has 0 spiro atoms. The predicted octanol–water partition coefficient (Wildman–Crippen LogP) is 2.86. The van der Waals surface area contributed by atoms with Gasteiger partial charge in [0.15, 0.2) is 4.77 Å². The van der Waals surface area contributed by atoms with E-state index in [-0.39, 0.29) is 0 Å². The lowest BCUT2D eigenvalue weighted by molar-refractivity contribution is 0.944. The summed E-state index contributed by atoms with van der Waals surface area (Å²) >= 11 is 5.23. The second kappa shape index (κ2) is 3.62. The molecule has 2 heterocycles. The van der Waals surface area contributed by atoms with E-state index >= 15 is 0 Å². The highest BCUT2D eigenvalue weighted by Crippen LogP contribution is 2.15. The molecule has 3 nitrogen and oxygen atoms in total. The highest BCUT2D eigenvalue weighted by molar-refractivity contribution is 7.71. The van der Waals surface area contributed by atoms with Crippen LogP contribution in [0.5, 0.6) is 0 Å². The van der Waals surface area contributed by atoms with Gasteiger partial charge < -0.3 is 4.98 Å². The van der Waals surface area contributed by atoms with Gasteiger partial charge in [-0.05, 0) is 45.1 Å². The van der Waals surface area contributed by atoms with Gasteiger partial charge in [0.1, 0.15) is 0 Å². The topological polar surface area (TPSA) is 33.6 Å². The summed E-state index contributed by atoms with van der Waals surface area (Å²) in [6.45, 7) is 6.00. The zero-order valence-electron chi connectivity index (χ0n) is 9.03. The standard InChI is InChI=1S/C11H13N3S/c1-7-4-5-10(9(3)13-7)14-8(2)6-12-11(14)15/h4-6H,1-3H3,(H,12,15). The van der Waals surface area contributed by atoms with Crippen LogP contribution in [0.1, 0.15) is 17.1 Å². The zero-order chi connectivity index (χ0) is 11.0. The van der Waals surface area contributed by atoms with Gasteiger partial charge in [-0.25, -0.2) is 0 Å². The molecule has 0 aliphatic carbocycles. The Labute approximate surface area is 93.8 Å². The smallest absolute Gasteiger partial charge is 0.182 e. The van der Waals surface area contributed by atoms with Gasteiger partial charge in [-0.3, -0.25) is 9.55 Å². The Balaban J connectivity index is 2.69. The summed E-state index contributed by atoms with van der Waals surface area (Å²) < 4.78 is 2.71. The van der Waals surface area contributed by atoms with Gasteiger partial charge in [0.25, 0.3) is 0 Å². The number of H-pyrrole nitrogens is 1. The maximum absolute atomic E-state index is 5.23. The first-order valence-electron chi connectivity index (χ1n) is 4.81. The first-order chi connectivity index (χ1) is 7.09. The van der Waals surface area contributed by atoms with Crippen LogP contribution < -0.4 is 0 Å². The van der Waals surface area contributed by atoms with Crippen LogP contribution in [0.4, 0.5) is 0 Å². The van der Waals surface area contributed by atoms with Crippen LogP contribution in [0.15, 0.2) is 18.3 Å². The number of nitrogens with zero attached hydrogens (tertiary/aromatic N) is 2. The molecule has 78 valence electrons. The molecule has 2 rings (SSSR count). The fourth-order valence-corrected chi connectivity index (χ4v) is 1.97. The minimum Gasteiger partial charge on any atom is -0.337 e. The Morgan fingerprint density at radius 3 is 2.53 bits per heavy atom. The fraction of sp³-hybridized carbons (Fsp3) is 0.273. The highest BCUT2D eigenvalue weighted by atomic mass is 32.1. The van der Waals surface area contributed by atoms with Crippen molar-refractivity contribution in [2.45, 2.75) is 20.8 Å². The molecule has 2 aromatic heterocycles. The quantitative estimate of drug-likeness (QED) is 0.748. The average Bonchev–Trinajstić information content (AvgIpc) is 2.48. The molecule has 15 heavy (non-hydrogen) atoms. The normalized spacial score (nSPS) is 10.6. The van der Waals surface area contributed by atoms with Crippen LogP contribution in [0, 0.1) is 25.5 Å². The molecular weight excluding hydrogens is 206 g/mol. The lowest BCUT2D eigenvalue weighted by Gasteiger charge is -2.08. The van der Waals surface area contributed by atoms with Crippen LogP contribution in [0.2, 0.25) is 0 Å². The fourth-order valence-electron chi connectivity index (χ4n) is 1.67. The number of rotatable bonds is 1. The van der Waals surface area contributed by atoms with Crippen molar-refractivity contribution in [3.63, 3.8) is 0 Å². The average molecular weight is 219 g/mol. The third-order valence-corrected chi connectivity index (χ3v) is 2.70. The van der Waals surface area contributed by atoms with Gasteiger partial charge in [0.05, 0.1) is 11.4 Å². The van der Waals surface area contributed by atoms with E-state index in [1.54, 1.807) is 0 Å². The van der Waals surface area contributed by atoms with Crippen molar-refractivity contribution in [3.8, 4) is 5.69 Å². The summed E-state index contributed by atoms with van der Waals surface area (Å²) in [7, 11) is 0. The Morgan fingerprint density at radius 1 is 1.27 bits per heavy atom. The van der Waals surface area contributed by atoms with Crippen LogP contribution in [0.25, 0.3) is 5.69 Å². The molecule has 0 fully saturated rings. The lowest BCUT2D eigenvalue weighted by atomic mass is 10.2. The SMILES string of the molecule is Cc1ccc(-n2c(C)c[nH]c2=S)c(C)n1. The summed E-state index contributed by atoms with van der Waals surface area (Å²) in [4.78, 5) is 7.46. The lowest BCUT2D eigenvalue weighted by Crippen LogP contribution is -2.01. The zero-order valence-corrected chi connectivity index (χ0v) is 9.85. The van der Waals surface area contributed by atoms with Gasteiger partial charge in [0.2, 0.25) is 0 Å². The summed E-state index contributed by atoms with van der Waals surface area (Å²) in [6.07, 6.45) is 1.90. The molecule has 2 aromatic rings. The van der Waals surface area contributed by atoms with Crippen LogP contribution >= 0.6 is 12.2 Å². The van der Waals surface area contributed by atoms with Crippen molar-refractivity contribution in [2.75, 3.05) is 0 Å². The molecule has 0 atom stereocenters. The van der Waals surface area contributed by atoms with Crippen LogP contribution in [0.3, 0.4) is 0 Å². The second-order valence-corrected chi connectivity index (χ2v) is 4.01. The molecule has 0 aromatic carbocycles. The Morgan fingerprint density at radius 2 is 2.00 bits per heavy atom. The maximum Gasteiger partial charge on any atom is 0.182 e. The molecule has 0 saturated heterocycles. The predicted molar refractivity (Wildman–Crippen MR) is 63.0 cm³/mol. The number of aryl methyl sites for hydroxylation is 3. The first-order valence-corrected chi connectivity index (χ1v) is 5.22. The monoisotopic (exact) mass is 219 g/mol. The molecule has 0 aliphatic heterocycles. The molecule has 1 N–H and O–H groups in total. The summed E-state index contributed by atoms with van der Waals surface area (Å²) in [5.74, 6) is 0. The van der Waals surface area contributed by atoms with Gasteiger partial charge in [0, 0.05) is 17.6 Å². The summed E-state index contributed by atoms with van der Waals surface area (Å²) in [5.41, 5.74) is 4.16. The van der Waals surface area contributed by atoms with E-state index < -0.39 is 0 Å². The molecular formula is C11H13N3S. The largest absolute Gasteiger partial charge is 0.337 e. The summed E-state index contributed by atoms with van der Waals surface area (Å²) in [5, 5.41) is 0. The van der Waals surface area contributed by atoms with Crippen molar-refractivity contribution in [1.29, 1.82) is 0 Å². The number of hydrogen-bond donors (Lipinski definition) is 1. The van der Waals surface area contributed by atoms with Crippen LogP contribution in [-0.4, -0.2) is 14.5 Å². The van der Waals surface area contributed by atoms with Crippen molar-refractivity contribution >= 4 is 12.2 Å². The van der Waals surface area contributed by atoms with E-state index in [0.29, 0.717) is 4.77 Å². The number of aromatic amines is 1. The summed E-state index contributed by atoms with van der Waals surface area (Å²) in [6, 6.07) is 4.05. The third kappa shape index (κ3) is 1.72. The number of pyridine rings is 1. The van der Waals surface area contributed by atoms with Crippen molar-refractivity contribution in [2.24, 2.45) is 0 Å². The van der Waals surface area contributed by atoms with E-state index in [1.165, 1.54) is 0 Å². The van der Waals surface area contributed by atoms with Crippen molar-refractivity contribution < 1.29 is 0 Å². The van der Waals surface area contributed by atoms with E-state index in [1.807, 2.05) is 43.7 Å². The van der Waals surface area contributed by atoms with Crippen molar-refractivity contribution in [3.05, 3.63) is 40.2 Å². The van der Waals surface area contributed by atoms with E-state index in [4.69, 9.17) is 12.2 Å². The van der Waals surface area contributed by atoms with Gasteiger partial charge >= 0.3 is 0 Å².